The molecule has 2 aliphatic heterocycles. The van der Waals surface area contributed by atoms with E-state index >= 15 is 0 Å². The summed E-state index contributed by atoms with van der Waals surface area (Å²) in [6, 6.07) is 1.46. The summed E-state index contributed by atoms with van der Waals surface area (Å²) in [5, 5.41) is 7.10. The average Bonchev–Trinajstić information content (AvgIpc) is 2.59. The third kappa shape index (κ3) is 7.70. The molecule has 26 heavy (non-hydrogen) atoms. The van der Waals surface area contributed by atoms with E-state index in [4.69, 9.17) is 4.74 Å². The van der Waals surface area contributed by atoms with Crippen LogP contribution in [0.5, 0.6) is 0 Å². The number of rotatable bonds is 6. The smallest absolute Gasteiger partial charge is 0.191 e. The molecule has 2 atom stereocenters. The van der Waals surface area contributed by atoms with Crippen molar-refractivity contribution in [1.29, 1.82) is 0 Å². The zero-order valence-electron chi connectivity index (χ0n) is 17.0. The summed E-state index contributed by atoms with van der Waals surface area (Å²) in [7, 11) is 1.85. The lowest BCUT2D eigenvalue weighted by Crippen LogP contribution is -2.54. The Morgan fingerprint density at radius 1 is 1.31 bits per heavy atom. The van der Waals surface area contributed by atoms with E-state index in [0.29, 0.717) is 18.1 Å². The highest BCUT2D eigenvalue weighted by Crippen LogP contribution is 2.12. The normalized spacial score (nSPS) is 24.6. The van der Waals surface area contributed by atoms with E-state index < -0.39 is 0 Å². The predicted molar refractivity (Wildman–Crippen MR) is 121 cm³/mol. The molecule has 0 aliphatic carbocycles. The zero-order chi connectivity index (χ0) is 18.2. The molecule has 0 aromatic rings. The van der Waals surface area contributed by atoms with E-state index in [1.807, 2.05) is 7.05 Å². The minimum absolute atomic E-state index is 0. The van der Waals surface area contributed by atoms with Gasteiger partial charge in [-0.2, -0.15) is 0 Å². The van der Waals surface area contributed by atoms with Gasteiger partial charge >= 0.3 is 0 Å². The molecule has 6 nitrogen and oxygen atoms in total. The second-order valence-electron chi connectivity index (χ2n) is 7.62. The third-order valence-corrected chi connectivity index (χ3v) is 5.20. The van der Waals surface area contributed by atoms with Crippen molar-refractivity contribution in [2.24, 2.45) is 4.99 Å². The van der Waals surface area contributed by atoms with Gasteiger partial charge in [-0.3, -0.25) is 14.8 Å². The molecule has 0 bridgehead atoms. The van der Waals surface area contributed by atoms with Gasteiger partial charge in [-0.25, -0.2) is 0 Å². The first-order valence-electron chi connectivity index (χ1n) is 9.67. The molecule has 152 valence electrons. The van der Waals surface area contributed by atoms with E-state index in [1.165, 1.54) is 5.57 Å². The molecule has 0 amide bonds. The Labute approximate surface area is 176 Å². The van der Waals surface area contributed by atoms with E-state index in [-0.39, 0.29) is 24.0 Å². The molecular formula is C19H38IN5O. The quantitative estimate of drug-likeness (QED) is 0.264. The van der Waals surface area contributed by atoms with Gasteiger partial charge in [0.25, 0.3) is 0 Å². The van der Waals surface area contributed by atoms with Gasteiger partial charge in [0.05, 0.1) is 13.2 Å². The van der Waals surface area contributed by atoms with Gasteiger partial charge < -0.3 is 15.4 Å². The fourth-order valence-corrected chi connectivity index (χ4v) is 3.76. The van der Waals surface area contributed by atoms with Crippen molar-refractivity contribution in [2.45, 2.75) is 51.7 Å². The van der Waals surface area contributed by atoms with E-state index in [9.17, 15) is 0 Å². The molecule has 7 heteroatoms. The first-order chi connectivity index (χ1) is 12.0. The molecule has 2 unspecified atom stereocenters. The van der Waals surface area contributed by atoms with Crippen molar-refractivity contribution in [3.05, 3.63) is 12.2 Å². The Hall–Kier alpha value is -0.380. The van der Waals surface area contributed by atoms with Crippen molar-refractivity contribution in [1.82, 2.24) is 20.4 Å². The molecule has 0 radical (unpaired) electrons. The standard InChI is InChI=1S/C19H37N5O.HI/c1-15(2)13-23-8-6-18(7-9-23)22-19(20-5)21-12-16(3)24-10-11-25-14-17(24)4;/h16-18H,1,6-14H2,2-5H3,(H2,20,21,22);1H. The summed E-state index contributed by atoms with van der Waals surface area (Å²) in [6.45, 7) is 17.5. The molecular weight excluding hydrogens is 441 g/mol. The molecule has 2 saturated heterocycles. The summed E-state index contributed by atoms with van der Waals surface area (Å²) in [5.74, 6) is 0.922. The van der Waals surface area contributed by atoms with Crippen LogP contribution in [0, 0.1) is 0 Å². The van der Waals surface area contributed by atoms with Crippen molar-refractivity contribution in [3.63, 3.8) is 0 Å². The van der Waals surface area contributed by atoms with Gasteiger partial charge in [0, 0.05) is 57.9 Å². The van der Waals surface area contributed by atoms with Gasteiger partial charge in [-0.05, 0) is 33.6 Å². The lowest BCUT2D eigenvalue weighted by atomic mass is 10.0. The number of piperidine rings is 1. The Morgan fingerprint density at radius 2 is 2.00 bits per heavy atom. The van der Waals surface area contributed by atoms with Crippen LogP contribution in [0.2, 0.25) is 0 Å². The van der Waals surface area contributed by atoms with E-state index in [1.54, 1.807) is 0 Å². The number of morpholine rings is 1. The maximum atomic E-state index is 5.53. The van der Waals surface area contributed by atoms with Gasteiger partial charge in [0.2, 0.25) is 0 Å². The van der Waals surface area contributed by atoms with Crippen LogP contribution in [-0.4, -0.2) is 86.9 Å². The summed E-state index contributed by atoms with van der Waals surface area (Å²) in [4.78, 5) is 9.41. The highest BCUT2D eigenvalue weighted by atomic mass is 127. The highest BCUT2D eigenvalue weighted by Gasteiger charge is 2.24. The molecule has 2 N–H and O–H groups in total. The van der Waals surface area contributed by atoms with Crippen LogP contribution in [0.3, 0.4) is 0 Å². The Bertz CT molecular complexity index is 451. The van der Waals surface area contributed by atoms with Gasteiger partial charge in [0.1, 0.15) is 0 Å². The number of ether oxygens (including phenoxy) is 1. The summed E-state index contributed by atoms with van der Waals surface area (Å²) in [6.07, 6.45) is 2.31. The average molecular weight is 479 g/mol. The first kappa shape index (κ1) is 23.7. The molecule has 0 spiro atoms. The fraction of sp³-hybridized carbons (Fsp3) is 0.842. The van der Waals surface area contributed by atoms with Crippen LogP contribution in [-0.2, 0) is 4.74 Å². The number of likely N-dealkylation sites (tertiary alicyclic amines) is 1. The van der Waals surface area contributed by atoms with Crippen LogP contribution >= 0.6 is 24.0 Å². The second kappa shape index (κ2) is 12.2. The Morgan fingerprint density at radius 3 is 2.58 bits per heavy atom. The lowest BCUT2D eigenvalue weighted by Gasteiger charge is -2.38. The minimum atomic E-state index is 0. The molecule has 0 aromatic carbocycles. The lowest BCUT2D eigenvalue weighted by molar-refractivity contribution is -0.0174. The second-order valence-corrected chi connectivity index (χ2v) is 7.62. The van der Waals surface area contributed by atoms with Crippen LogP contribution in [0.15, 0.2) is 17.1 Å². The van der Waals surface area contributed by atoms with Crippen molar-refractivity contribution in [3.8, 4) is 0 Å². The van der Waals surface area contributed by atoms with Crippen molar-refractivity contribution >= 4 is 29.9 Å². The molecule has 2 aliphatic rings. The maximum absolute atomic E-state index is 5.53. The number of aliphatic imine (C=N–C) groups is 1. The number of hydrogen-bond donors (Lipinski definition) is 2. The van der Waals surface area contributed by atoms with Crippen LogP contribution in [0.25, 0.3) is 0 Å². The van der Waals surface area contributed by atoms with Crippen molar-refractivity contribution in [2.75, 3.05) is 53.0 Å². The number of halogens is 1. The fourth-order valence-electron chi connectivity index (χ4n) is 3.76. The van der Waals surface area contributed by atoms with E-state index in [0.717, 1.165) is 64.7 Å². The molecule has 0 saturated carbocycles. The summed E-state index contributed by atoms with van der Waals surface area (Å²) >= 11 is 0. The van der Waals surface area contributed by atoms with Crippen LogP contribution in [0.4, 0.5) is 0 Å². The maximum Gasteiger partial charge on any atom is 0.191 e. The highest BCUT2D eigenvalue weighted by molar-refractivity contribution is 14.0. The summed E-state index contributed by atoms with van der Waals surface area (Å²) in [5.41, 5.74) is 1.25. The minimum Gasteiger partial charge on any atom is -0.379 e. The number of nitrogens with zero attached hydrogens (tertiary/aromatic N) is 3. The third-order valence-electron chi connectivity index (χ3n) is 5.20. The van der Waals surface area contributed by atoms with Gasteiger partial charge in [-0.15, -0.1) is 24.0 Å². The van der Waals surface area contributed by atoms with E-state index in [2.05, 4.69) is 52.8 Å². The Kier molecular flexibility index (Phi) is 11.1. The molecule has 2 rings (SSSR count). The monoisotopic (exact) mass is 479 g/mol. The number of guanidine groups is 1. The van der Waals surface area contributed by atoms with Gasteiger partial charge in [-0.1, -0.05) is 12.2 Å². The van der Waals surface area contributed by atoms with Crippen LogP contribution < -0.4 is 10.6 Å². The topological polar surface area (TPSA) is 52.1 Å². The molecule has 2 heterocycles. The number of hydrogen-bond acceptors (Lipinski definition) is 4. The zero-order valence-corrected chi connectivity index (χ0v) is 19.3. The summed E-state index contributed by atoms with van der Waals surface area (Å²) < 4.78 is 5.53. The molecule has 2 fully saturated rings. The van der Waals surface area contributed by atoms with Crippen molar-refractivity contribution < 1.29 is 4.74 Å². The predicted octanol–water partition coefficient (Wildman–Crippen LogP) is 1.92. The SMILES string of the molecule is C=C(C)CN1CCC(NC(=NC)NCC(C)N2CCOCC2C)CC1.I. The largest absolute Gasteiger partial charge is 0.379 e. The van der Waals surface area contributed by atoms with Crippen LogP contribution in [0.1, 0.15) is 33.6 Å². The molecule has 0 aromatic heterocycles. The Balaban J connectivity index is 0.00000338. The number of nitrogens with one attached hydrogen (secondary N) is 2. The first-order valence-corrected chi connectivity index (χ1v) is 9.67. The van der Waals surface area contributed by atoms with Gasteiger partial charge in [0.15, 0.2) is 5.96 Å².